The zero-order valence-corrected chi connectivity index (χ0v) is 13.0. The van der Waals surface area contributed by atoms with Gasteiger partial charge >= 0.3 is 0 Å². The van der Waals surface area contributed by atoms with E-state index in [1.165, 1.54) is 49.6 Å². The largest absolute Gasteiger partial charge is 0.327 e. The Morgan fingerprint density at radius 1 is 1.30 bits per heavy atom. The first-order valence-corrected chi connectivity index (χ1v) is 8.33. The fraction of sp³-hybridized carbons (Fsp3) is 0.588. The number of rotatable bonds is 5. The van der Waals surface area contributed by atoms with E-state index in [-0.39, 0.29) is 0 Å². The third kappa shape index (κ3) is 2.71. The van der Waals surface area contributed by atoms with Crippen LogP contribution in [-0.2, 0) is 12.4 Å². The van der Waals surface area contributed by atoms with Gasteiger partial charge < -0.3 is 4.57 Å². The van der Waals surface area contributed by atoms with E-state index >= 15 is 0 Å². The molecule has 2 aromatic rings. The quantitative estimate of drug-likeness (QED) is 0.704. The number of benzene rings is 1. The van der Waals surface area contributed by atoms with Gasteiger partial charge in [-0.1, -0.05) is 37.8 Å². The van der Waals surface area contributed by atoms with Crippen molar-refractivity contribution in [2.24, 2.45) is 5.92 Å². The Kier molecular flexibility index (Phi) is 4.30. The molecule has 20 heavy (non-hydrogen) atoms. The molecular weight excluding hydrogens is 268 g/mol. The highest BCUT2D eigenvalue weighted by Crippen LogP contribution is 2.29. The maximum Gasteiger partial charge on any atom is 0.124 e. The Hall–Kier alpha value is -1.02. The SMILES string of the molecule is Cc1cccc2c1nc(CCl)n2CCCC1CCCC1. The highest BCUT2D eigenvalue weighted by atomic mass is 35.5. The second-order valence-electron chi connectivity index (χ2n) is 6.05. The van der Waals surface area contributed by atoms with Crippen molar-refractivity contribution in [2.75, 3.05) is 0 Å². The number of aromatic nitrogens is 2. The Morgan fingerprint density at radius 2 is 2.10 bits per heavy atom. The molecule has 0 atom stereocenters. The van der Waals surface area contributed by atoms with Crippen molar-refractivity contribution < 1.29 is 0 Å². The highest BCUT2D eigenvalue weighted by Gasteiger charge is 2.15. The van der Waals surface area contributed by atoms with E-state index in [0.717, 1.165) is 23.8 Å². The molecule has 3 rings (SSSR count). The summed E-state index contributed by atoms with van der Waals surface area (Å²) in [6.45, 7) is 3.18. The minimum atomic E-state index is 0.498. The summed E-state index contributed by atoms with van der Waals surface area (Å²) in [4.78, 5) is 4.71. The van der Waals surface area contributed by atoms with Crippen LogP contribution in [0.5, 0.6) is 0 Å². The molecule has 1 aromatic heterocycles. The van der Waals surface area contributed by atoms with Crippen LogP contribution < -0.4 is 0 Å². The highest BCUT2D eigenvalue weighted by molar-refractivity contribution is 6.16. The zero-order chi connectivity index (χ0) is 13.9. The van der Waals surface area contributed by atoms with Crippen LogP contribution >= 0.6 is 11.6 Å². The second-order valence-corrected chi connectivity index (χ2v) is 6.32. The molecule has 0 bridgehead atoms. The van der Waals surface area contributed by atoms with Gasteiger partial charge in [-0.15, -0.1) is 11.6 Å². The number of fused-ring (bicyclic) bond motifs is 1. The normalized spacial score (nSPS) is 16.3. The van der Waals surface area contributed by atoms with Crippen LogP contribution in [-0.4, -0.2) is 9.55 Å². The van der Waals surface area contributed by atoms with Crippen LogP contribution in [0, 0.1) is 12.8 Å². The molecule has 1 aliphatic carbocycles. The lowest BCUT2D eigenvalue weighted by atomic mass is 10.0. The number of aryl methyl sites for hydroxylation is 2. The predicted molar refractivity (Wildman–Crippen MR) is 85.2 cm³/mol. The molecular formula is C17H23ClN2. The van der Waals surface area contributed by atoms with Crippen LogP contribution in [0.15, 0.2) is 18.2 Å². The smallest absolute Gasteiger partial charge is 0.124 e. The third-order valence-corrected chi connectivity index (χ3v) is 4.89. The Labute approximate surface area is 126 Å². The minimum absolute atomic E-state index is 0.498. The van der Waals surface area contributed by atoms with Gasteiger partial charge in [0.15, 0.2) is 0 Å². The number of imidazole rings is 1. The Bertz CT molecular complexity index is 582. The lowest BCUT2D eigenvalue weighted by molar-refractivity contribution is 0.459. The van der Waals surface area contributed by atoms with Crippen molar-refractivity contribution in [3.63, 3.8) is 0 Å². The number of alkyl halides is 1. The van der Waals surface area contributed by atoms with E-state index in [1.54, 1.807) is 0 Å². The average molecular weight is 291 g/mol. The fourth-order valence-corrected chi connectivity index (χ4v) is 3.73. The maximum atomic E-state index is 6.08. The van der Waals surface area contributed by atoms with Crippen LogP contribution in [0.25, 0.3) is 11.0 Å². The zero-order valence-electron chi connectivity index (χ0n) is 12.2. The van der Waals surface area contributed by atoms with Gasteiger partial charge in [0.05, 0.1) is 16.9 Å². The maximum absolute atomic E-state index is 6.08. The summed E-state index contributed by atoms with van der Waals surface area (Å²) in [6.07, 6.45) is 8.34. The first-order chi connectivity index (χ1) is 9.79. The molecule has 3 heteroatoms. The molecule has 1 aliphatic rings. The second kappa shape index (κ2) is 6.17. The van der Waals surface area contributed by atoms with Gasteiger partial charge in [0.2, 0.25) is 0 Å². The van der Waals surface area contributed by atoms with Crippen molar-refractivity contribution in [3.8, 4) is 0 Å². The summed E-state index contributed by atoms with van der Waals surface area (Å²) in [5.74, 6) is 2.48. The summed E-state index contributed by atoms with van der Waals surface area (Å²) >= 11 is 6.08. The molecule has 0 amide bonds. The van der Waals surface area contributed by atoms with Crippen molar-refractivity contribution in [3.05, 3.63) is 29.6 Å². The first-order valence-electron chi connectivity index (χ1n) is 7.80. The molecule has 0 spiro atoms. The standard InChI is InChI=1S/C17H23ClN2/c1-13-6-4-10-15-17(13)19-16(12-18)20(15)11-5-9-14-7-2-3-8-14/h4,6,10,14H,2-3,5,7-9,11-12H2,1H3. The number of nitrogens with zero attached hydrogens (tertiary/aromatic N) is 2. The van der Waals surface area contributed by atoms with E-state index < -0.39 is 0 Å². The number of hydrogen-bond acceptors (Lipinski definition) is 1. The summed E-state index contributed by atoms with van der Waals surface area (Å²) in [6, 6.07) is 6.40. The van der Waals surface area contributed by atoms with Gasteiger partial charge in [0, 0.05) is 6.54 Å². The van der Waals surface area contributed by atoms with Gasteiger partial charge in [-0.3, -0.25) is 0 Å². The van der Waals surface area contributed by atoms with Gasteiger partial charge in [-0.25, -0.2) is 4.98 Å². The summed E-state index contributed by atoms with van der Waals surface area (Å²) in [5, 5.41) is 0. The summed E-state index contributed by atoms with van der Waals surface area (Å²) in [7, 11) is 0. The van der Waals surface area contributed by atoms with Crippen molar-refractivity contribution in [2.45, 2.75) is 57.9 Å². The molecule has 0 N–H and O–H groups in total. The monoisotopic (exact) mass is 290 g/mol. The Morgan fingerprint density at radius 3 is 2.85 bits per heavy atom. The number of hydrogen-bond donors (Lipinski definition) is 0. The third-order valence-electron chi connectivity index (χ3n) is 4.65. The van der Waals surface area contributed by atoms with Crippen LogP contribution in [0.1, 0.15) is 49.9 Å². The molecule has 2 nitrogen and oxygen atoms in total. The lowest BCUT2D eigenvalue weighted by Gasteiger charge is -2.11. The lowest BCUT2D eigenvalue weighted by Crippen LogP contribution is -2.04. The van der Waals surface area contributed by atoms with Crippen LogP contribution in [0.2, 0.25) is 0 Å². The summed E-state index contributed by atoms with van der Waals surface area (Å²) in [5.41, 5.74) is 3.60. The molecule has 108 valence electrons. The van der Waals surface area contributed by atoms with E-state index in [9.17, 15) is 0 Å². The van der Waals surface area contributed by atoms with E-state index in [0.29, 0.717) is 5.88 Å². The van der Waals surface area contributed by atoms with Crippen molar-refractivity contribution in [1.29, 1.82) is 0 Å². The average Bonchev–Trinajstić information content (AvgIpc) is 3.08. The van der Waals surface area contributed by atoms with Gasteiger partial charge in [-0.05, 0) is 37.3 Å². The van der Waals surface area contributed by atoms with Crippen molar-refractivity contribution in [1.82, 2.24) is 9.55 Å². The molecule has 0 aliphatic heterocycles. The van der Waals surface area contributed by atoms with E-state index in [1.807, 2.05) is 0 Å². The Balaban J connectivity index is 1.77. The van der Waals surface area contributed by atoms with E-state index in [4.69, 9.17) is 16.6 Å². The predicted octanol–water partition coefficient (Wildman–Crippen LogP) is 5.05. The molecule has 1 saturated carbocycles. The van der Waals surface area contributed by atoms with Gasteiger partial charge in [-0.2, -0.15) is 0 Å². The van der Waals surface area contributed by atoms with Crippen molar-refractivity contribution >= 4 is 22.6 Å². The van der Waals surface area contributed by atoms with Crippen LogP contribution in [0.4, 0.5) is 0 Å². The van der Waals surface area contributed by atoms with Gasteiger partial charge in [0.1, 0.15) is 5.82 Å². The van der Waals surface area contributed by atoms with Crippen LogP contribution in [0.3, 0.4) is 0 Å². The fourth-order valence-electron chi connectivity index (χ4n) is 3.52. The van der Waals surface area contributed by atoms with Gasteiger partial charge in [0.25, 0.3) is 0 Å². The molecule has 0 saturated heterocycles. The molecule has 0 radical (unpaired) electrons. The number of halogens is 1. The number of para-hydroxylation sites is 1. The summed E-state index contributed by atoms with van der Waals surface area (Å²) < 4.78 is 2.32. The topological polar surface area (TPSA) is 17.8 Å². The molecule has 0 unspecified atom stereocenters. The molecule has 1 aromatic carbocycles. The molecule has 1 fully saturated rings. The first kappa shape index (κ1) is 13.9. The van der Waals surface area contributed by atoms with E-state index in [2.05, 4.69) is 29.7 Å². The minimum Gasteiger partial charge on any atom is -0.327 e. The molecule has 1 heterocycles.